The van der Waals surface area contributed by atoms with E-state index in [1.165, 1.54) is 18.6 Å². The zero-order valence-electron chi connectivity index (χ0n) is 18.0. The van der Waals surface area contributed by atoms with Crippen LogP contribution in [0.2, 0.25) is 5.02 Å². The molecule has 0 saturated carbocycles. The van der Waals surface area contributed by atoms with Crippen LogP contribution in [0.25, 0.3) is 0 Å². The highest BCUT2D eigenvalue weighted by Gasteiger charge is 2.33. The summed E-state index contributed by atoms with van der Waals surface area (Å²) in [5, 5.41) is 5.38. The first-order valence-corrected chi connectivity index (χ1v) is 11.1. The van der Waals surface area contributed by atoms with Gasteiger partial charge in [0.05, 0.1) is 21.8 Å². The van der Waals surface area contributed by atoms with E-state index in [1.807, 2.05) is 0 Å². The van der Waals surface area contributed by atoms with Gasteiger partial charge < -0.3 is 16.4 Å². The molecule has 8 nitrogen and oxygen atoms in total. The molecular formula is C21H20ClF3N6O2S. The van der Waals surface area contributed by atoms with Crippen molar-refractivity contribution in [1.82, 2.24) is 20.3 Å². The molecule has 2 aromatic heterocycles. The molecule has 0 radical (unpaired) electrons. The number of Topliss-reactive ketones (excluding diaryl/α,β-unsaturated/α-hetero) is 1. The molecule has 0 aliphatic carbocycles. The molecule has 0 bridgehead atoms. The summed E-state index contributed by atoms with van der Waals surface area (Å²) in [4.78, 5) is 37.7. The third kappa shape index (κ3) is 5.88. The van der Waals surface area contributed by atoms with E-state index in [2.05, 4.69) is 25.6 Å². The lowest BCUT2D eigenvalue weighted by atomic mass is 10.0. The van der Waals surface area contributed by atoms with Crippen molar-refractivity contribution in [1.29, 1.82) is 0 Å². The van der Waals surface area contributed by atoms with Gasteiger partial charge in [0.15, 0.2) is 5.78 Å². The Hall–Kier alpha value is -3.09. The maximum absolute atomic E-state index is 13.0. The number of nitrogens with zero attached hydrogens (tertiary/aromatic N) is 3. The molecule has 0 spiro atoms. The van der Waals surface area contributed by atoms with Crippen LogP contribution in [0, 0.1) is 0 Å². The van der Waals surface area contributed by atoms with Gasteiger partial charge in [-0.2, -0.15) is 13.2 Å². The number of hydrogen-bond acceptors (Lipinski definition) is 8. The van der Waals surface area contributed by atoms with E-state index in [1.54, 1.807) is 14.0 Å². The van der Waals surface area contributed by atoms with Crippen LogP contribution < -0.4 is 16.4 Å². The number of nitrogen functional groups attached to an aromatic ring is 1. The number of thiazole rings is 1. The molecule has 0 saturated heterocycles. The van der Waals surface area contributed by atoms with Crippen LogP contribution in [0.1, 0.15) is 55.6 Å². The predicted octanol–water partition coefficient (Wildman–Crippen LogP) is 4.54. The Labute approximate surface area is 201 Å². The van der Waals surface area contributed by atoms with E-state index < -0.39 is 22.7 Å². The highest BCUT2D eigenvalue weighted by atomic mass is 35.5. The zero-order chi connectivity index (χ0) is 25.0. The number of alkyl halides is 3. The maximum Gasteiger partial charge on any atom is 0.417 e. The number of rotatable bonds is 8. The molecule has 1 unspecified atom stereocenters. The number of nitrogens with one attached hydrogen (secondary N) is 2. The molecule has 3 rings (SSSR count). The summed E-state index contributed by atoms with van der Waals surface area (Å²) in [5.41, 5.74) is 5.47. The molecule has 1 aromatic carbocycles. The Kier molecular flexibility index (Phi) is 7.85. The SMILES string of the molecule is CNCc1c(N)ncnc1C(=O)CC(C)c1ncc(C(=O)Nc2ccc(Cl)c(C(F)(F)F)c2)s1. The summed E-state index contributed by atoms with van der Waals surface area (Å²) in [6.07, 6.45) is -2.06. The predicted molar refractivity (Wildman–Crippen MR) is 123 cm³/mol. The molecule has 3 aromatic rings. The van der Waals surface area contributed by atoms with Crippen LogP contribution in [-0.4, -0.2) is 33.7 Å². The Morgan fingerprint density at radius 1 is 1.24 bits per heavy atom. The van der Waals surface area contributed by atoms with Gasteiger partial charge in [-0.15, -0.1) is 11.3 Å². The topological polar surface area (TPSA) is 123 Å². The Morgan fingerprint density at radius 3 is 2.65 bits per heavy atom. The number of carbonyl (C=O) groups excluding carboxylic acids is 2. The Morgan fingerprint density at radius 2 is 1.97 bits per heavy atom. The van der Waals surface area contributed by atoms with E-state index in [0.717, 1.165) is 23.5 Å². The van der Waals surface area contributed by atoms with Crippen LogP contribution in [0.15, 0.2) is 30.7 Å². The van der Waals surface area contributed by atoms with Gasteiger partial charge in [0.2, 0.25) is 0 Å². The molecule has 1 amide bonds. The lowest BCUT2D eigenvalue weighted by molar-refractivity contribution is -0.137. The van der Waals surface area contributed by atoms with Gasteiger partial charge in [-0.1, -0.05) is 18.5 Å². The van der Waals surface area contributed by atoms with Crippen LogP contribution in [0.4, 0.5) is 24.7 Å². The zero-order valence-corrected chi connectivity index (χ0v) is 19.6. The monoisotopic (exact) mass is 512 g/mol. The summed E-state index contributed by atoms with van der Waals surface area (Å²) in [6, 6.07) is 3.10. The second-order valence-corrected chi connectivity index (χ2v) is 8.82. The van der Waals surface area contributed by atoms with E-state index >= 15 is 0 Å². The number of halogens is 4. The molecule has 13 heteroatoms. The normalized spacial score (nSPS) is 12.4. The van der Waals surface area contributed by atoms with Gasteiger partial charge in [-0.3, -0.25) is 9.59 Å². The van der Waals surface area contributed by atoms with Gasteiger partial charge in [0.1, 0.15) is 22.7 Å². The first-order chi connectivity index (χ1) is 16.0. The Balaban J connectivity index is 1.71. The Bertz CT molecular complexity index is 1220. The minimum Gasteiger partial charge on any atom is -0.383 e. The minimum atomic E-state index is -4.65. The molecule has 1 atom stereocenters. The number of nitrogens with two attached hydrogens (primary N) is 1. The summed E-state index contributed by atoms with van der Waals surface area (Å²) >= 11 is 6.65. The molecule has 0 fully saturated rings. The average molecular weight is 513 g/mol. The standard InChI is InChI=1S/C21H20ClF3N6O2S/c1-10(5-15(32)17-12(7-27-2)18(26)30-9-29-17)20-28-8-16(34-20)19(33)31-11-3-4-14(22)13(6-11)21(23,24)25/h3-4,6,8-10,27H,5,7H2,1-2H3,(H,31,33)(H2,26,29,30). The summed E-state index contributed by atoms with van der Waals surface area (Å²) in [7, 11) is 1.71. The second kappa shape index (κ2) is 10.5. The van der Waals surface area contributed by atoms with Gasteiger partial charge in [-0.25, -0.2) is 15.0 Å². The number of anilines is 2. The van der Waals surface area contributed by atoms with Crippen molar-refractivity contribution in [3.63, 3.8) is 0 Å². The van der Waals surface area contributed by atoms with Gasteiger partial charge >= 0.3 is 6.18 Å². The summed E-state index contributed by atoms with van der Waals surface area (Å²) < 4.78 is 39.1. The number of benzene rings is 1. The quantitative estimate of drug-likeness (QED) is 0.379. The van der Waals surface area contributed by atoms with Crippen molar-refractivity contribution in [3.8, 4) is 0 Å². The third-order valence-electron chi connectivity index (χ3n) is 4.79. The van der Waals surface area contributed by atoms with Crippen molar-refractivity contribution >= 4 is 46.1 Å². The van der Waals surface area contributed by atoms with Crippen LogP contribution >= 0.6 is 22.9 Å². The smallest absolute Gasteiger partial charge is 0.383 e. The number of aromatic nitrogens is 3. The van der Waals surface area contributed by atoms with Crippen LogP contribution in [0.3, 0.4) is 0 Å². The first-order valence-electron chi connectivity index (χ1n) is 9.92. The molecule has 0 aliphatic rings. The lowest BCUT2D eigenvalue weighted by Gasteiger charge is -2.12. The van der Waals surface area contributed by atoms with E-state index in [9.17, 15) is 22.8 Å². The lowest BCUT2D eigenvalue weighted by Crippen LogP contribution is -2.17. The molecule has 34 heavy (non-hydrogen) atoms. The van der Waals surface area contributed by atoms with Gasteiger partial charge in [-0.05, 0) is 25.2 Å². The van der Waals surface area contributed by atoms with E-state index in [4.69, 9.17) is 17.3 Å². The first kappa shape index (κ1) is 25.5. The average Bonchev–Trinajstić information content (AvgIpc) is 3.26. The highest BCUT2D eigenvalue weighted by Crippen LogP contribution is 2.36. The highest BCUT2D eigenvalue weighted by molar-refractivity contribution is 7.13. The van der Waals surface area contributed by atoms with Crippen molar-refractivity contribution in [3.05, 3.63) is 62.5 Å². The van der Waals surface area contributed by atoms with Crippen molar-refractivity contribution < 1.29 is 22.8 Å². The number of amides is 1. The fraction of sp³-hybridized carbons (Fsp3) is 0.286. The summed E-state index contributed by atoms with van der Waals surface area (Å²) in [6.45, 7) is 2.10. The largest absolute Gasteiger partial charge is 0.417 e. The van der Waals surface area contributed by atoms with Crippen LogP contribution in [-0.2, 0) is 12.7 Å². The van der Waals surface area contributed by atoms with Gasteiger partial charge in [0.25, 0.3) is 5.91 Å². The number of hydrogen-bond donors (Lipinski definition) is 3. The summed E-state index contributed by atoms with van der Waals surface area (Å²) in [5.74, 6) is -1.01. The molecule has 2 heterocycles. The minimum absolute atomic E-state index is 0.0571. The third-order valence-corrected chi connectivity index (χ3v) is 6.34. The number of carbonyl (C=O) groups is 2. The molecule has 0 aliphatic heterocycles. The fourth-order valence-electron chi connectivity index (χ4n) is 3.11. The molecular weight excluding hydrogens is 493 g/mol. The van der Waals surface area contributed by atoms with Crippen LogP contribution in [0.5, 0.6) is 0 Å². The van der Waals surface area contributed by atoms with E-state index in [-0.39, 0.29) is 40.2 Å². The van der Waals surface area contributed by atoms with E-state index in [0.29, 0.717) is 17.1 Å². The molecule has 4 N–H and O–H groups in total. The number of ketones is 1. The van der Waals surface area contributed by atoms with Crippen molar-refractivity contribution in [2.24, 2.45) is 0 Å². The van der Waals surface area contributed by atoms with Crippen molar-refractivity contribution in [2.75, 3.05) is 18.1 Å². The second-order valence-electron chi connectivity index (χ2n) is 7.35. The maximum atomic E-state index is 13.0. The van der Waals surface area contributed by atoms with Crippen molar-refractivity contribution in [2.45, 2.75) is 32.0 Å². The van der Waals surface area contributed by atoms with Gasteiger partial charge in [0, 0.05) is 30.1 Å². The molecule has 180 valence electrons. The fourth-order valence-corrected chi connectivity index (χ4v) is 4.20.